The number of carbonyl (C=O) groups is 1. The summed E-state index contributed by atoms with van der Waals surface area (Å²) in [6, 6.07) is 7.82. The van der Waals surface area contributed by atoms with Crippen LogP contribution in [0.15, 0.2) is 24.3 Å². The van der Waals surface area contributed by atoms with Crippen molar-refractivity contribution in [2.75, 3.05) is 11.9 Å². The lowest BCUT2D eigenvalue weighted by Crippen LogP contribution is -2.30. The predicted octanol–water partition coefficient (Wildman–Crippen LogP) is 3.01. The van der Waals surface area contributed by atoms with Crippen molar-refractivity contribution in [2.45, 2.75) is 33.6 Å². The molecule has 0 aliphatic carbocycles. The highest BCUT2D eigenvalue weighted by Crippen LogP contribution is 2.27. The molecule has 1 heterocycles. The van der Waals surface area contributed by atoms with Gasteiger partial charge in [-0.25, -0.2) is 5.84 Å². The summed E-state index contributed by atoms with van der Waals surface area (Å²) in [5.74, 6) is 4.91. The minimum absolute atomic E-state index is 0. The highest BCUT2D eigenvalue weighted by molar-refractivity contribution is 6.07. The van der Waals surface area contributed by atoms with E-state index >= 15 is 0 Å². The molecule has 0 fully saturated rings. The normalized spacial score (nSPS) is 10.1. The molecule has 2 rings (SSSR count). The molecule has 1 aromatic heterocycles. The second-order valence-electron chi connectivity index (χ2n) is 4.53. The molecular weight excluding hydrogens is 252 g/mol. The average molecular weight is 276 g/mol. The summed E-state index contributed by atoms with van der Waals surface area (Å²) >= 11 is 0. The molecule has 0 unspecified atom stereocenters. The van der Waals surface area contributed by atoms with E-state index in [1.807, 2.05) is 24.3 Å². The summed E-state index contributed by atoms with van der Waals surface area (Å²) in [5.41, 5.74) is 4.42. The Morgan fingerprint density at radius 3 is 2.75 bits per heavy atom. The number of hydrogen-bond donors (Lipinski definition) is 4. The number of hydrogen-bond acceptors (Lipinski definition) is 3. The highest BCUT2D eigenvalue weighted by atomic mass is 16.2. The van der Waals surface area contributed by atoms with Gasteiger partial charge in [0.25, 0.3) is 5.91 Å². The highest BCUT2D eigenvalue weighted by Gasteiger charge is 2.16. The molecule has 5 N–H and O–H groups in total. The Balaban J connectivity index is 0.00000200. The molecular formula is C15H24N4O. The van der Waals surface area contributed by atoms with Crippen LogP contribution in [-0.2, 0) is 0 Å². The number of aromatic nitrogens is 1. The number of para-hydroxylation sites is 1. The molecule has 5 nitrogen and oxygen atoms in total. The largest absolute Gasteiger partial charge is 0.383 e. The lowest BCUT2D eigenvalue weighted by atomic mass is 10.2. The Hall–Kier alpha value is -2.01. The van der Waals surface area contributed by atoms with Gasteiger partial charge in [-0.2, -0.15) is 0 Å². The number of amides is 1. The van der Waals surface area contributed by atoms with Gasteiger partial charge in [0.2, 0.25) is 0 Å². The van der Waals surface area contributed by atoms with Crippen LogP contribution in [0.25, 0.3) is 10.9 Å². The monoisotopic (exact) mass is 276 g/mol. The molecule has 1 aromatic carbocycles. The molecule has 0 saturated carbocycles. The fraction of sp³-hybridized carbons (Fsp3) is 0.400. The maximum absolute atomic E-state index is 11.8. The van der Waals surface area contributed by atoms with Crippen LogP contribution in [-0.4, -0.2) is 17.4 Å². The van der Waals surface area contributed by atoms with E-state index in [-0.39, 0.29) is 13.3 Å². The van der Waals surface area contributed by atoms with Crippen LogP contribution in [0.5, 0.6) is 0 Å². The van der Waals surface area contributed by atoms with Crippen molar-refractivity contribution < 1.29 is 4.79 Å². The number of anilines is 1. The van der Waals surface area contributed by atoms with Crippen molar-refractivity contribution in [2.24, 2.45) is 5.84 Å². The third-order valence-electron chi connectivity index (χ3n) is 3.15. The summed E-state index contributed by atoms with van der Waals surface area (Å²) in [5, 5.41) is 4.35. The Labute approximate surface area is 119 Å². The van der Waals surface area contributed by atoms with E-state index in [1.54, 1.807) is 0 Å². The molecule has 0 aliphatic heterocycles. The number of unbranched alkanes of at least 4 members (excludes halogenated alkanes) is 2. The van der Waals surface area contributed by atoms with Gasteiger partial charge in [0.1, 0.15) is 5.69 Å². The van der Waals surface area contributed by atoms with Crippen molar-refractivity contribution >= 4 is 22.5 Å². The van der Waals surface area contributed by atoms with Crippen LogP contribution in [0, 0.1) is 0 Å². The zero-order valence-electron chi connectivity index (χ0n) is 11.1. The van der Waals surface area contributed by atoms with Gasteiger partial charge in [-0.15, -0.1) is 0 Å². The fourth-order valence-corrected chi connectivity index (χ4v) is 2.16. The first-order chi connectivity index (χ1) is 9.27. The summed E-state index contributed by atoms with van der Waals surface area (Å²) < 4.78 is 0. The predicted molar refractivity (Wildman–Crippen MR) is 84.7 cm³/mol. The minimum atomic E-state index is -0.311. The van der Waals surface area contributed by atoms with E-state index < -0.39 is 0 Å². The second-order valence-corrected chi connectivity index (χ2v) is 4.53. The number of aromatic amines is 1. The Kier molecular flexibility index (Phi) is 6.06. The molecule has 0 atom stereocenters. The van der Waals surface area contributed by atoms with Gasteiger partial charge in [0.05, 0.1) is 5.69 Å². The van der Waals surface area contributed by atoms with E-state index in [0.717, 1.165) is 29.6 Å². The zero-order chi connectivity index (χ0) is 13.7. The number of hydrazine groups is 1. The first-order valence-corrected chi connectivity index (χ1v) is 6.63. The van der Waals surface area contributed by atoms with E-state index in [9.17, 15) is 4.79 Å². The molecule has 0 aliphatic rings. The van der Waals surface area contributed by atoms with Gasteiger partial charge in [-0.3, -0.25) is 10.2 Å². The number of rotatable bonds is 6. The number of carbonyl (C=O) groups excluding carboxylic acids is 1. The summed E-state index contributed by atoms with van der Waals surface area (Å²) in [7, 11) is 0. The van der Waals surface area contributed by atoms with E-state index in [4.69, 9.17) is 5.84 Å². The smallest absolute Gasteiger partial charge is 0.283 e. The fourth-order valence-electron chi connectivity index (χ4n) is 2.16. The third kappa shape index (κ3) is 3.30. The van der Waals surface area contributed by atoms with Gasteiger partial charge < -0.3 is 10.3 Å². The SMILES string of the molecule is C.CCCCCNc1c(C(=O)NN)[nH]c2ccccc12. The Morgan fingerprint density at radius 2 is 2.05 bits per heavy atom. The van der Waals surface area contributed by atoms with Crippen molar-refractivity contribution in [3.63, 3.8) is 0 Å². The minimum Gasteiger partial charge on any atom is -0.383 e. The number of nitrogen functional groups attached to an aromatic ring is 1. The Morgan fingerprint density at radius 1 is 1.30 bits per heavy atom. The molecule has 0 bridgehead atoms. The van der Waals surface area contributed by atoms with Gasteiger partial charge in [-0.05, 0) is 12.5 Å². The molecule has 5 heteroatoms. The quantitative estimate of drug-likeness (QED) is 0.283. The summed E-state index contributed by atoms with van der Waals surface area (Å²) in [4.78, 5) is 14.9. The molecule has 110 valence electrons. The van der Waals surface area contributed by atoms with Crippen molar-refractivity contribution in [1.29, 1.82) is 0 Å². The molecule has 2 aromatic rings. The van der Waals surface area contributed by atoms with Crippen molar-refractivity contribution in [3.05, 3.63) is 30.0 Å². The van der Waals surface area contributed by atoms with E-state index in [1.165, 1.54) is 12.8 Å². The van der Waals surface area contributed by atoms with Crippen LogP contribution >= 0.6 is 0 Å². The van der Waals surface area contributed by atoms with Gasteiger partial charge in [0.15, 0.2) is 0 Å². The average Bonchev–Trinajstić information content (AvgIpc) is 2.81. The van der Waals surface area contributed by atoms with Crippen LogP contribution in [0.4, 0.5) is 5.69 Å². The zero-order valence-corrected chi connectivity index (χ0v) is 11.1. The maximum Gasteiger partial charge on any atom is 0.283 e. The van der Waals surface area contributed by atoms with Gasteiger partial charge >= 0.3 is 0 Å². The number of H-pyrrole nitrogens is 1. The van der Waals surface area contributed by atoms with Crippen LogP contribution in [0.3, 0.4) is 0 Å². The van der Waals surface area contributed by atoms with Gasteiger partial charge in [0, 0.05) is 17.4 Å². The van der Waals surface area contributed by atoms with E-state index in [0.29, 0.717) is 5.69 Å². The molecule has 1 amide bonds. The topological polar surface area (TPSA) is 82.9 Å². The number of nitrogens with two attached hydrogens (primary N) is 1. The van der Waals surface area contributed by atoms with Crippen LogP contribution < -0.4 is 16.6 Å². The molecule has 0 spiro atoms. The standard InChI is InChI=1S/C14H20N4O.CH4/c1-2-3-6-9-16-12-10-7-4-5-8-11(10)17-13(12)14(19)18-15;/h4-5,7-8,16-17H,2-3,6,9,15H2,1H3,(H,18,19);1H4. The Bertz CT molecular complexity index is 562. The summed E-state index contributed by atoms with van der Waals surface area (Å²) in [6.07, 6.45) is 3.43. The molecule has 0 radical (unpaired) electrons. The first-order valence-electron chi connectivity index (χ1n) is 6.63. The molecule has 0 saturated heterocycles. The van der Waals surface area contributed by atoms with Gasteiger partial charge in [-0.1, -0.05) is 45.4 Å². The van der Waals surface area contributed by atoms with Crippen molar-refractivity contribution in [3.8, 4) is 0 Å². The molecule has 20 heavy (non-hydrogen) atoms. The lowest BCUT2D eigenvalue weighted by molar-refractivity contribution is 0.0950. The van der Waals surface area contributed by atoms with Crippen molar-refractivity contribution in [1.82, 2.24) is 10.4 Å². The van der Waals surface area contributed by atoms with E-state index in [2.05, 4.69) is 22.7 Å². The first kappa shape index (κ1) is 16.0. The maximum atomic E-state index is 11.8. The number of fused-ring (bicyclic) bond motifs is 1. The summed E-state index contributed by atoms with van der Waals surface area (Å²) in [6.45, 7) is 3.01. The number of nitrogens with one attached hydrogen (secondary N) is 3. The van der Waals surface area contributed by atoms with Crippen LogP contribution in [0.2, 0.25) is 0 Å². The van der Waals surface area contributed by atoms with Crippen LogP contribution in [0.1, 0.15) is 44.1 Å². The third-order valence-corrected chi connectivity index (χ3v) is 3.15. The number of benzene rings is 1. The lowest BCUT2D eigenvalue weighted by Gasteiger charge is -2.07. The second kappa shape index (κ2) is 7.55.